The summed E-state index contributed by atoms with van der Waals surface area (Å²) in [5.41, 5.74) is -0.277. The fourth-order valence-corrected chi connectivity index (χ4v) is 5.52. The van der Waals surface area contributed by atoms with E-state index in [1.54, 1.807) is 12.0 Å². The molecule has 3 rings (SSSR count). The van der Waals surface area contributed by atoms with Crippen molar-refractivity contribution < 1.29 is 26.7 Å². The number of sulfonamides is 1. The quantitative estimate of drug-likeness (QED) is 0.784. The average molecular weight is 388 g/mol. The first-order valence-electron chi connectivity index (χ1n) is 8.39. The van der Waals surface area contributed by atoms with Gasteiger partial charge in [0.05, 0.1) is 11.5 Å². The molecule has 0 bridgehead atoms. The van der Waals surface area contributed by atoms with Gasteiger partial charge in [-0.3, -0.25) is 4.79 Å². The van der Waals surface area contributed by atoms with Crippen LogP contribution in [0.15, 0.2) is 23.1 Å². The van der Waals surface area contributed by atoms with Gasteiger partial charge < -0.3 is 9.64 Å². The van der Waals surface area contributed by atoms with Gasteiger partial charge in [0.25, 0.3) is 0 Å². The Hall–Kier alpha value is -1.58. The van der Waals surface area contributed by atoms with E-state index in [4.69, 9.17) is 4.74 Å². The predicted octanol–water partition coefficient (Wildman–Crippen LogP) is 1.47. The number of piperidine rings is 1. The molecule has 0 radical (unpaired) electrons. The normalized spacial score (nSPS) is 26.8. The highest BCUT2D eigenvalue weighted by atomic mass is 32.2. The monoisotopic (exact) mass is 388 g/mol. The van der Waals surface area contributed by atoms with Crippen LogP contribution in [0.3, 0.4) is 0 Å². The summed E-state index contributed by atoms with van der Waals surface area (Å²) < 4.78 is 58.9. The van der Waals surface area contributed by atoms with Gasteiger partial charge >= 0.3 is 0 Å². The predicted molar refractivity (Wildman–Crippen MR) is 89.8 cm³/mol. The van der Waals surface area contributed by atoms with Gasteiger partial charge in [0.2, 0.25) is 15.9 Å². The molecule has 144 valence electrons. The fraction of sp³-hybridized carbons (Fsp3) is 0.588. The molecule has 2 fully saturated rings. The van der Waals surface area contributed by atoms with Gasteiger partial charge in [-0.1, -0.05) is 0 Å². The lowest BCUT2D eigenvalue weighted by atomic mass is 9.74. The van der Waals surface area contributed by atoms with Crippen molar-refractivity contribution >= 4 is 15.9 Å². The minimum absolute atomic E-state index is 0.0510. The van der Waals surface area contributed by atoms with E-state index in [-0.39, 0.29) is 35.2 Å². The van der Waals surface area contributed by atoms with Crippen molar-refractivity contribution in [1.82, 2.24) is 9.21 Å². The molecule has 0 saturated carbocycles. The summed E-state index contributed by atoms with van der Waals surface area (Å²) in [4.78, 5) is 13.2. The van der Waals surface area contributed by atoms with E-state index in [9.17, 15) is 22.0 Å². The number of methoxy groups -OCH3 is 1. The molecule has 0 unspecified atom stereocenters. The lowest BCUT2D eigenvalue weighted by Crippen LogP contribution is -2.50. The van der Waals surface area contributed by atoms with Gasteiger partial charge in [0.1, 0.15) is 0 Å². The molecule has 1 amide bonds. The fourth-order valence-electron chi connectivity index (χ4n) is 4.02. The van der Waals surface area contributed by atoms with Gasteiger partial charge in [-0.2, -0.15) is 4.31 Å². The number of carbonyl (C=O) groups excluding carboxylic acids is 1. The van der Waals surface area contributed by atoms with Crippen LogP contribution >= 0.6 is 0 Å². The first-order valence-corrected chi connectivity index (χ1v) is 9.83. The number of nitrogens with zero attached hydrogens (tertiary/aromatic N) is 2. The van der Waals surface area contributed by atoms with Gasteiger partial charge in [-0.15, -0.1) is 0 Å². The van der Waals surface area contributed by atoms with E-state index in [0.29, 0.717) is 32.2 Å². The highest BCUT2D eigenvalue weighted by molar-refractivity contribution is 7.89. The molecular formula is C17H22F2N2O4S. The molecule has 26 heavy (non-hydrogen) atoms. The molecule has 0 aromatic heterocycles. The number of ether oxygens (including phenoxy) is 1. The average Bonchev–Trinajstić information content (AvgIpc) is 2.96. The number of halogens is 2. The molecule has 0 N–H and O–H groups in total. The second-order valence-corrected chi connectivity index (χ2v) is 9.02. The lowest BCUT2D eigenvalue weighted by Gasteiger charge is -2.42. The van der Waals surface area contributed by atoms with E-state index in [1.807, 2.05) is 0 Å². The molecule has 2 aliphatic heterocycles. The molecule has 0 spiro atoms. The number of amides is 1. The summed E-state index contributed by atoms with van der Waals surface area (Å²) in [7, 11) is -2.35. The summed E-state index contributed by atoms with van der Waals surface area (Å²) in [6, 6.07) is 2.59. The minimum atomic E-state index is -3.94. The van der Waals surface area contributed by atoms with Crippen molar-refractivity contribution in [2.45, 2.75) is 18.2 Å². The summed E-state index contributed by atoms with van der Waals surface area (Å²) in [5, 5.41) is 0. The highest BCUT2D eigenvalue weighted by Gasteiger charge is 2.51. The van der Waals surface area contributed by atoms with Gasteiger partial charge in [0, 0.05) is 45.6 Å². The van der Waals surface area contributed by atoms with Crippen molar-refractivity contribution in [2.75, 3.05) is 39.9 Å². The van der Waals surface area contributed by atoms with E-state index in [0.717, 1.165) is 12.1 Å². The number of hydrogen-bond acceptors (Lipinski definition) is 4. The largest absolute Gasteiger partial charge is 0.384 e. The van der Waals surface area contributed by atoms with Gasteiger partial charge in [-0.05, 0) is 30.5 Å². The van der Waals surface area contributed by atoms with Crippen LogP contribution in [0.1, 0.15) is 13.3 Å². The second-order valence-electron chi connectivity index (χ2n) is 7.08. The molecule has 2 atom stereocenters. The first kappa shape index (κ1) is 19.2. The standard InChI is InChI=1S/C17H22F2N2O4S/c1-12(22)20-8-13-9-21(6-5-17(13,10-20)11-25-2)26(23,24)14-3-4-15(18)16(19)7-14/h3-4,7,13H,5-6,8-11H2,1-2H3/t13-,17-/m0/s1. The topological polar surface area (TPSA) is 66.9 Å². The number of carbonyl (C=O) groups is 1. The maximum absolute atomic E-state index is 13.5. The third-order valence-electron chi connectivity index (χ3n) is 5.50. The zero-order valence-electron chi connectivity index (χ0n) is 14.7. The Kier molecular flexibility index (Phi) is 5.06. The van der Waals surface area contributed by atoms with E-state index >= 15 is 0 Å². The van der Waals surface area contributed by atoms with Crippen LogP contribution < -0.4 is 0 Å². The van der Waals surface area contributed by atoms with Crippen LogP contribution in [0, 0.1) is 23.0 Å². The van der Waals surface area contributed by atoms with Crippen LogP contribution in [0.25, 0.3) is 0 Å². The Morgan fingerprint density at radius 3 is 2.65 bits per heavy atom. The van der Waals surface area contributed by atoms with Crippen molar-refractivity contribution in [3.8, 4) is 0 Å². The van der Waals surface area contributed by atoms with Gasteiger partial charge in [-0.25, -0.2) is 17.2 Å². The van der Waals surface area contributed by atoms with E-state index < -0.39 is 21.7 Å². The van der Waals surface area contributed by atoms with Gasteiger partial charge in [0.15, 0.2) is 11.6 Å². The number of rotatable bonds is 4. The first-order chi connectivity index (χ1) is 12.2. The summed E-state index contributed by atoms with van der Waals surface area (Å²) >= 11 is 0. The van der Waals surface area contributed by atoms with Crippen LogP contribution in [-0.2, 0) is 19.6 Å². The molecule has 2 saturated heterocycles. The summed E-state index contributed by atoms with van der Waals surface area (Å²) in [6.45, 7) is 3.40. The van der Waals surface area contributed by atoms with E-state index in [2.05, 4.69) is 0 Å². The molecule has 6 nitrogen and oxygen atoms in total. The Labute approximate surface area is 151 Å². The Morgan fingerprint density at radius 1 is 1.31 bits per heavy atom. The zero-order chi connectivity index (χ0) is 19.1. The Morgan fingerprint density at radius 2 is 2.04 bits per heavy atom. The smallest absolute Gasteiger partial charge is 0.243 e. The number of fused-ring (bicyclic) bond motifs is 1. The Bertz CT molecular complexity index is 817. The van der Waals surface area contributed by atoms with Crippen LogP contribution in [0.5, 0.6) is 0 Å². The lowest BCUT2D eigenvalue weighted by molar-refractivity contribution is -0.128. The maximum atomic E-state index is 13.5. The zero-order valence-corrected chi connectivity index (χ0v) is 15.6. The molecule has 9 heteroatoms. The SMILES string of the molecule is COC[C@@]12CCN(S(=O)(=O)c3ccc(F)c(F)c3)C[C@@H]1CN(C(C)=O)C2. The van der Waals surface area contributed by atoms with Crippen molar-refractivity contribution in [1.29, 1.82) is 0 Å². The van der Waals surface area contributed by atoms with Crippen molar-refractivity contribution in [3.05, 3.63) is 29.8 Å². The maximum Gasteiger partial charge on any atom is 0.243 e. The third-order valence-corrected chi connectivity index (χ3v) is 7.36. The van der Waals surface area contributed by atoms with E-state index in [1.165, 1.54) is 11.2 Å². The third kappa shape index (κ3) is 3.23. The van der Waals surface area contributed by atoms with Crippen LogP contribution in [-0.4, -0.2) is 63.4 Å². The summed E-state index contributed by atoms with van der Waals surface area (Å²) in [6.07, 6.45) is 0.540. The number of likely N-dealkylation sites (tertiary alicyclic amines) is 1. The molecule has 0 aliphatic carbocycles. The second kappa shape index (κ2) is 6.86. The summed E-state index contributed by atoms with van der Waals surface area (Å²) in [5.74, 6) is -2.40. The van der Waals surface area contributed by atoms with Crippen molar-refractivity contribution in [3.63, 3.8) is 0 Å². The minimum Gasteiger partial charge on any atom is -0.384 e. The highest BCUT2D eigenvalue weighted by Crippen LogP contribution is 2.44. The number of hydrogen-bond donors (Lipinski definition) is 0. The van der Waals surface area contributed by atoms with Crippen molar-refractivity contribution in [2.24, 2.45) is 11.3 Å². The molecule has 2 aliphatic rings. The van der Waals surface area contributed by atoms with Crippen LogP contribution in [0.2, 0.25) is 0 Å². The molecule has 1 aromatic rings. The Balaban J connectivity index is 1.86. The molecule has 2 heterocycles. The van der Waals surface area contributed by atoms with Crippen LogP contribution in [0.4, 0.5) is 8.78 Å². The molecular weight excluding hydrogens is 366 g/mol. The molecule has 1 aromatic carbocycles. The number of benzene rings is 1.